The second-order valence-electron chi connectivity index (χ2n) is 5.23. The number of nitro groups is 1. The van der Waals surface area contributed by atoms with E-state index in [1.54, 1.807) is 12.1 Å². The maximum Gasteiger partial charge on any atom is 0.312 e. The Morgan fingerprint density at radius 3 is 2.40 bits per heavy atom. The SMILES string of the molecule is COc1ccc(N2CCN(C(C)C)CC2)cc1[N+](=O)[O-]. The Morgan fingerprint density at radius 2 is 1.90 bits per heavy atom. The number of benzene rings is 1. The van der Waals surface area contributed by atoms with Gasteiger partial charge in [-0.2, -0.15) is 0 Å². The zero-order valence-corrected chi connectivity index (χ0v) is 12.2. The van der Waals surface area contributed by atoms with Crippen LogP contribution in [0.2, 0.25) is 0 Å². The normalized spacial score (nSPS) is 16.5. The number of nitrogens with zero attached hydrogens (tertiary/aromatic N) is 3. The van der Waals surface area contributed by atoms with Gasteiger partial charge in [-0.15, -0.1) is 0 Å². The molecule has 0 unspecified atom stereocenters. The van der Waals surface area contributed by atoms with Gasteiger partial charge in [0.25, 0.3) is 0 Å². The van der Waals surface area contributed by atoms with E-state index in [4.69, 9.17) is 4.74 Å². The summed E-state index contributed by atoms with van der Waals surface area (Å²) in [5, 5.41) is 11.1. The second-order valence-corrected chi connectivity index (χ2v) is 5.23. The minimum atomic E-state index is -0.396. The van der Waals surface area contributed by atoms with Gasteiger partial charge in [-0.05, 0) is 26.0 Å². The van der Waals surface area contributed by atoms with E-state index in [0.717, 1.165) is 31.9 Å². The number of hydrogen-bond donors (Lipinski definition) is 0. The summed E-state index contributed by atoms with van der Waals surface area (Å²) in [6.07, 6.45) is 0. The molecule has 6 heteroatoms. The lowest BCUT2D eigenvalue weighted by Crippen LogP contribution is -2.48. The molecule has 0 bridgehead atoms. The van der Waals surface area contributed by atoms with E-state index < -0.39 is 4.92 Å². The van der Waals surface area contributed by atoms with Crippen LogP contribution in [-0.2, 0) is 0 Å². The highest BCUT2D eigenvalue weighted by Gasteiger charge is 2.22. The highest BCUT2D eigenvalue weighted by molar-refractivity contribution is 5.60. The number of anilines is 1. The van der Waals surface area contributed by atoms with Gasteiger partial charge in [-0.25, -0.2) is 0 Å². The van der Waals surface area contributed by atoms with Crippen molar-refractivity contribution in [3.63, 3.8) is 0 Å². The van der Waals surface area contributed by atoms with Crippen molar-refractivity contribution in [2.24, 2.45) is 0 Å². The van der Waals surface area contributed by atoms with Crippen LogP contribution in [0.3, 0.4) is 0 Å². The predicted molar refractivity (Wildman–Crippen MR) is 78.6 cm³/mol. The third-order valence-electron chi connectivity index (χ3n) is 3.77. The van der Waals surface area contributed by atoms with Gasteiger partial charge in [0.15, 0.2) is 5.75 Å². The van der Waals surface area contributed by atoms with Crippen molar-refractivity contribution in [1.29, 1.82) is 0 Å². The van der Waals surface area contributed by atoms with Crippen LogP contribution in [0.1, 0.15) is 13.8 Å². The Labute approximate surface area is 119 Å². The van der Waals surface area contributed by atoms with Crippen molar-refractivity contribution in [3.05, 3.63) is 28.3 Å². The third-order valence-corrected chi connectivity index (χ3v) is 3.77. The lowest BCUT2D eigenvalue weighted by molar-refractivity contribution is -0.385. The maximum absolute atomic E-state index is 11.1. The van der Waals surface area contributed by atoms with Crippen LogP contribution >= 0.6 is 0 Å². The fraction of sp³-hybridized carbons (Fsp3) is 0.571. The number of methoxy groups -OCH3 is 1. The molecule has 0 saturated carbocycles. The lowest BCUT2D eigenvalue weighted by Gasteiger charge is -2.38. The Hall–Kier alpha value is -1.82. The third kappa shape index (κ3) is 3.01. The Balaban J connectivity index is 2.14. The van der Waals surface area contributed by atoms with Gasteiger partial charge in [0.05, 0.1) is 12.0 Å². The highest BCUT2D eigenvalue weighted by Crippen LogP contribution is 2.31. The molecule has 2 rings (SSSR count). The van der Waals surface area contributed by atoms with Crippen molar-refractivity contribution in [1.82, 2.24) is 4.90 Å². The first-order valence-corrected chi connectivity index (χ1v) is 6.84. The van der Waals surface area contributed by atoms with Crippen LogP contribution in [0.4, 0.5) is 11.4 Å². The fourth-order valence-electron chi connectivity index (χ4n) is 2.51. The number of hydrogen-bond acceptors (Lipinski definition) is 5. The predicted octanol–water partition coefficient (Wildman–Crippen LogP) is 2.13. The van der Waals surface area contributed by atoms with Crippen molar-refractivity contribution < 1.29 is 9.66 Å². The number of piperazine rings is 1. The largest absolute Gasteiger partial charge is 0.490 e. The summed E-state index contributed by atoms with van der Waals surface area (Å²) >= 11 is 0. The molecule has 1 heterocycles. The molecule has 0 spiro atoms. The highest BCUT2D eigenvalue weighted by atomic mass is 16.6. The molecule has 1 saturated heterocycles. The summed E-state index contributed by atoms with van der Waals surface area (Å²) in [7, 11) is 1.45. The number of ether oxygens (including phenoxy) is 1. The van der Waals surface area contributed by atoms with E-state index in [2.05, 4.69) is 23.6 Å². The van der Waals surface area contributed by atoms with Gasteiger partial charge in [0, 0.05) is 44.0 Å². The number of rotatable bonds is 4. The summed E-state index contributed by atoms with van der Waals surface area (Å²) in [6.45, 7) is 8.13. The second kappa shape index (κ2) is 6.09. The molecule has 0 N–H and O–H groups in total. The van der Waals surface area contributed by atoms with E-state index in [1.165, 1.54) is 7.11 Å². The molecular weight excluding hydrogens is 258 g/mol. The monoisotopic (exact) mass is 279 g/mol. The molecule has 1 aliphatic heterocycles. The Morgan fingerprint density at radius 1 is 1.25 bits per heavy atom. The van der Waals surface area contributed by atoms with E-state index >= 15 is 0 Å². The van der Waals surface area contributed by atoms with Gasteiger partial charge in [0.1, 0.15) is 0 Å². The van der Waals surface area contributed by atoms with Crippen molar-refractivity contribution in [2.45, 2.75) is 19.9 Å². The lowest BCUT2D eigenvalue weighted by atomic mass is 10.2. The standard InChI is InChI=1S/C14H21N3O3/c1-11(2)15-6-8-16(9-7-15)12-4-5-14(20-3)13(10-12)17(18)19/h4-5,10-11H,6-9H2,1-3H3. The van der Waals surface area contributed by atoms with Crippen LogP contribution in [0, 0.1) is 10.1 Å². The molecule has 110 valence electrons. The van der Waals surface area contributed by atoms with Crippen LogP contribution in [-0.4, -0.2) is 49.2 Å². The van der Waals surface area contributed by atoms with E-state index in [1.807, 2.05) is 6.07 Å². The van der Waals surface area contributed by atoms with Crippen molar-refractivity contribution >= 4 is 11.4 Å². The van der Waals surface area contributed by atoms with Gasteiger partial charge in [0.2, 0.25) is 0 Å². The molecule has 0 aromatic heterocycles. The summed E-state index contributed by atoms with van der Waals surface area (Å²) < 4.78 is 5.03. The molecular formula is C14H21N3O3. The van der Waals surface area contributed by atoms with E-state index in [9.17, 15) is 10.1 Å². The molecule has 1 aromatic carbocycles. The van der Waals surface area contributed by atoms with Crippen LogP contribution in [0.25, 0.3) is 0 Å². The average Bonchev–Trinajstić information content (AvgIpc) is 2.46. The molecule has 0 radical (unpaired) electrons. The van der Waals surface area contributed by atoms with Crippen molar-refractivity contribution in [2.75, 3.05) is 38.2 Å². The Bertz CT molecular complexity index is 483. The summed E-state index contributed by atoms with van der Waals surface area (Å²) in [4.78, 5) is 15.3. The first-order chi connectivity index (χ1) is 9.52. The molecule has 20 heavy (non-hydrogen) atoms. The van der Waals surface area contributed by atoms with Gasteiger partial charge in [-0.1, -0.05) is 0 Å². The fourth-order valence-corrected chi connectivity index (χ4v) is 2.51. The molecule has 1 aromatic rings. The quantitative estimate of drug-likeness (QED) is 0.624. The maximum atomic E-state index is 11.1. The number of nitro benzene ring substituents is 1. The first kappa shape index (κ1) is 14.6. The average molecular weight is 279 g/mol. The smallest absolute Gasteiger partial charge is 0.312 e. The minimum absolute atomic E-state index is 0.0243. The zero-order valence-electron chi connectivity index (χ0n) is 12.2. The van der Waals surface area contributed by atoms with Gasteiger partial charge >= 0.3 is 5.69 Å². The molecule has 6 nitrogen and oxygen atoms in total. The van der Waals surface area contributed by atoms with Gasteiger partial charge in [-0.3, -0.25) is 15.0 Å². The van der Waals surface area contributed by atoms with Crippen molar-refractivity contribution in [3.8, 4) is 5.75 Å². The molecule has 0 aliphatic carbocycles. The molecule has 0 amide bonds. The Kier molecular flexibility index (Phi) is 4.44. The molecule has 1 aliphatic rings. The zero-order chi connectivity index (χ0) is 14.7. The topological polar surface area (TPSA) is 58.8 Å². The van der Waals surface area contributed by atoms with Crippen LogP contribution < -0.4 is 9.64 Å². The minimum Gasteiger partial charge on any atom is -0.490 e. The summed E-state index contributed by atoms with van der Waals surface area (Å²) in [5.41, 5.74) is 0.914. The van der Waals surface area contributed by atoms with E-state index in [0.29, 0.717) is 11.8 Å². The van der Waals surface area contributed by atoms with Gasteiger partial charge < -0.3 is 9.64 Å². The molecule has 0 atom stereocenters. The summed E-state index contributed by atoms with van der Waals surface area (Å²) in [5.74, 6) is 0.305. The summed E-state index contributed by atoms with van der Waals surface area (Å²) in [6, 6.07) is 5.70. The first-order valence-electron chi connectivity index (χ1n) is 6.84. The van der Waals surface area contributed by atoms with Crippen LogP contribution in [0.15, 0.2) is 18.2 Å². The molecule has 1 fully saturated rings. The van der Waals surface area contributed by atoms with E-state index in [-0.39, 0.29) is 5.69 Å². The van der Waals surface area contributed by atoms with Crippen LogP contribution in [0.5, 0.6) is 5.75 Å².